The van der Waals surface area contributed by atoms with Crippen LogP contribution in [-0.4, -0.2) is 25.0 Å². The molecule has 172 valence electrons. The van der Waals surface area contributed by atoms with E-state index in [1.54, 1.807) is 24.3 Å². The van der Waals surface area contributed by atoms with Gasteiger partial charge < -0.3 is 9.47 Å². The summed E-state index contributed by atoms with van der Waals surface area (Å²) in [6.07, 6.45) is 1.27. The number of hydrogen-bond donors (Lipinski definition) is 1. The van der Waals surface area contributed by atoms with Gasteiger partial charge in [0.1, 0.15) is 23.8 Å². The SMILES string of the molecule is COc1cc(/C=C2/C(=O)NC(=O)N(c3ccccc3F)C2=O)ccc1OCc1ccc(F)cc1. The fraction of sp³-hybridized carbons (Fsp3) is 0.0800. The van der Waals surface area contributed by atoms with Crippen molar-refractivity contribution in [3.05, 3.63) is 95.1 Å². The number of amides is 4. The van der Waals surface area contributed by atoms with Crippen LogP contribution in [0.25, 0.3) is 6.08 Å². The number of para-hydroxylation sites is 1. The van der Waals surface area contributed by atoms with E-state index in [1.807, 2.05) is 5.32 Å². The summed E-state index contributed by atoms with van der Waals surface area (Å²) in [5.74, 6) is -2.30. The molecule has 1 N–H and O–H groups in total. The van der Waals surface area contributed by atoms with Crippen LogP contribution in [0.2, 0.25) is 0 Å². The zero-order valence-corrected chi connectivity index (χ0v) is 17.9. The first-order valence-corrected chi connectivity index (χ1v) is 10.1. The van der Waals surface area contributed by atoms with Crippen molar-refractivity contribution in [3.63, 3.8) is 0 Å². The summed E-state index contributed by atoms with van der Waals surface area (Å²) >= 11 is 0. The highest BCUT2D eigenvalue weighted by molar-refractivity contribution is 6.39. The maximum Gasteiger partial charge on any atom is 0.336 e. The van der Waals surface area contributed by atoms with Crippen LogP contribution < -0.4 is 19.7 Å². The van der Waals surface area contributed by atoms with Crippen LogP contribution >= 0.6 is 0 Å². The number of benzene rings is 3. The van der Waals surface area contributed by atoms with Gasteiger partial charge in [0, 0.05) is 0 Å². The zero-order valence-electron chi connectivity index (χ0n) is 17.9. The number of halogens is 2. The first-order chi connectivity index (χ1) is 16.4. The van der Waals surface area contributed by atoms with Gasteiger partial charge in [-0.1, -0.05) is 30.3 Å². The topological polar surface area (TPSA) is 84.9 Å². The first-order valence-electron chi connectivity index (χ1n) is 10.1. The molecular formula is C25H18F2N2O5. The van der Waals surface area contributed by atoms with E-state index in [4.69, 9.17) is 9.47 Å². The van der Waals surface area contributed by atoms with Gasteiger partial charge in [0.2, 0.25) is 0 Å². The highest BCUT2D eigenvalue weighted by Gasteiger charge is 2.37. The molecule has 4 amide bonds. The van der Waals surface area contributed by atoms with Gasteiger partial charge in [-0.15, -0.1) is 0 Å². The molecular weight excluding hydrogens is 446 g/mol. The van der Waals surface area contributed by atoms with Crippen molar-refractivity contribution in [1.82, 2.24) is 5.32 Å². The van der Waals surface area contributed by atoms with Crippen molar-refractivity contribution in [2.75, 3.05) is 12.0 Å². The molecule has 0 atom stereocenters. The Labute approximate surface area is 193 Å². The zero-order chi connectivity index (χ0) is 24.2. The highest BCUT2D eigenvalue weighted by Crippen LogP contribution is 2.31. The van der Waals surface area contributed by atoms with Crippen molar-refractivity contribution < 1.29 is 32.6 Å². The molecule has 0 radical (unpaired) electrons. The maximum atomic E-state index is 14.2. The number of rotatable bonds is 6. The fourth-order valence-electron chi connectivity index (χ4n) is 3.31. The molecule has 0 aromatic heterocycles. The molecule has 0 bridgehead atoms. The number of imide groups is 2. The van der Waals surface area contributed by atoms with Crippen molar-refractivity contribution in [1.29, 1.82) is 0 Å². The van der Waals surface area contributed by atoms with Gasteiger partial charge in [-0.3, -0.25) is 14.9 Å². The number of hydrogen-bond acceptors (Lipinski definition) is 5. The Hall–Kier alpha value is -4.53. The van der Waals surface area contributed by atoms with E-state index in [9.17, 15) is 23.2 Å². The maximum absolute atomic E-state index is 14.2. The number of carbonyl (C=O) groups is 3. The summed E-state index contributed by atoms with van der Waals surface area (Å²) in [6, 6.07) is 14.7. The molecule has 1 heterocycles. The van der Waals surface area contributed by atoms with Gasteiger partial charge >= 0.3 is 6.03 Å². The molecule has 34 heavy (non-hydrogen) atoms. The second-order valence-electron chi connectivity index (χ2n) is 7.23. The predicted molar refractivity (Wildman–Crippen MR) is 119 cm³/mol. The number of methoxy groups -OCH3 is 1. The van der Waals surface area contributed by atoms with Crippen LogP contribution in [0.3, 0.4) is 0 Å². The van der Waals surface area contributed by atoms with Crippen molar-refractivity contribution in [2.45, 2.75) is 6.61 Å². The molecule has 0 saturated carbocycles. The second kappa shape index (κ2) is 9.53. The molecule has 1 aliphatic rings. The Morgan fingerprint density at radius 1 is 0.941 bits per heavy atom. The molecule has 0 aliphatic carbocycles. The lowest BCUT2D eigenvalue weighted by atomic mass is 10.1. The molecule has 3 aromatic rings. The van der Waals surface area contributed by atoms with Gasteiger partial charge in [0.15, 0.2) is 11.5 Å². The summed E-state index contributed by atoms with van der Waals surface area (Å²) in [4.78, 5) is 38.1. The smallest absolute Gasteiger partial charge is 0.336 e. The van der Waals surface area contributed by atoms with Gasteiger partial charge in [-0.2, -0.15) is 0 Å². The third-order valence-corrected chi connectivity index (χ3v) is 5.00. The Morgan fingerprint density at radius 3 is 2.38 bits per heavy atom. The van der Waals surface area contributed by atoms with E-state index in [0.717, 1.165) is 11.6 Å². The Morgan fingerprint density at radius 2 is 1.68 bits per heavy atom. The molecule has 1 fully saturated rings. The van der Waals surface area contributed by atoms with E-state index in [0.29, 0.717) is 22.0 Å². The van der Waals surface area contributed by atoms with E-state index in [-0.39, 0.29) is 23.7 Å². The summed E-state index contributed by atoms with van der Waals surface area (Å²) in [6.45, 7) is 0.164. The molecule has 1 aliphatic heterocycles. The monoisotopic (exact) mass is 464 g/mol. The molecule has 4 rings (SSSR count). The summed E-state index contributed by atoms with van der Waals surface area (Å²) in [5, 5.41) is 2.05. The Bertz CT molecular complexity index is 1300. The number of nitrogens with zero attached hydrogens (tertiary/aromatic N) is 1. The normalized spacial score (nSPS) is 14.9. The van der Waals surface area contributed by atoms with Crippen LogP contribution in [0.1, 0.15) is 11.1 Å². The number of carbonyl (C=O) groups excluding carboxylic acids is 3. The molecule has 9 heteroatoms. The first kappa shape index (κ1) is 22.7. The molecule has 0 unspecified atom stereocenters. The van der Waals surface area contributed by atoms with Gasteiger partial charge in [-0.05, 0) is 53.6 Å². The molecule has 1 saturated heterocycles. The van der Waals surface area contributed by atoms with Crippen LogP contribution in [0, 0.1) is 11.6 Å². The Kier molecular flexibility index (Phi) is 6.35. The number of urea groups is 1. The van der Waals surface area contributed by atoms with E-state index < -0.39 is 23.7 Å². The van der Waals surface area contributed by atoms with Gasteiger partial charge in [0.25, 0.3) is 11.8 Å². The quantitative estimate of drug-likeness (QED) is 0.436. The molecule has 0 spiro atoms. The van der Waals surface area contributed by atoms with Crippen LogP contribution in [0.4, 0.5) is 19.3 Å². The van der Waals surface area contributed by atoms with Crippen LogP contribution in [0.5, 0.6) is 11.5 Å². The Balaban J connectivity index is 1.60. The predicted octanol–water partition coefficient (Wildman–Crippen LogP) is 4.22. The largest absolute Gasteiger partial charge is 0.493 e. The number of anilines is 1. The minimum absolute atomic E-state index is 0.164. The van der Waals surface area contributed by atoms with Gasteiger partial charge in [-0.25, -0.2) is 18.5 Å². The molecule has 3 aromatic carbocycles. The van der Waals surface area contributed by atoms with Crippen molar-refractivity contribution >= 4 is 29.6 Å². The fourth-order valence-corrected chi connectivity index (χ4v) is 3.31. The number of ether oxygens (including phenoxy) is 2. The number of nitrogens with one attached hydrogen (secondary N) is 1. The van der Waals surface area contributed by atoms with Crippen molar-refractivity contribution in [3.8, 4) is 11.5 Å². The average Bonchev–Trinajstić information content (AvgIpc) is 2.83. The lowest BCUT2D eigenvalue weighted by Gasteiger charge is -2.26. The third-order valence-electron chi connectivity index (χ3n) is 5.00. The average molecular weight is 464 g/mol. The minimum Gasteiger partial charge on any atom is -0.493 e. The van der Waals surface area contributed by atoms with Gasteiger partial charge in [0.05, 0.1) is 12.8 Å². The summed E-state index contributed by atoms with van der Waals surface area (Å²) in [7, 11) is 1.42. The lowest BCUT2D eigenvalue weighted by Crippen LogP contribution is -2.54. The second-order valence-corrected chi connectivity index (χ2v) is 7.23. The van der Waals surface area contributed by atoms with Crippen LogP contribution in [-0.2, 0) is 16.2 Å². The number of barbiturate groups is 1. The standard InChI is InChI=1S/C25H18F2N2O5/c1-33-22-13-16(8-11-21(22)34-14-15-6-9-17(26)10-7-15)12-18-23(30)28-25(32)29(24(18)31)20-5-3-2-4-19(20)27/h2-13H,14H2,1H3,(H,28,30,32)/b18-12-. The highest BCUT2D eigenvalue weighted by atomic mass is 19.1. The van der Waals surface area contributed by atoms with E-state index in [2.05, 4.69) is 0 Å². The van der Waals surface area contributed by atoms with E-state index >= 15 is 0 Å². The van der Waals surface area contributed by atoms with Crippen LogP contribution in [0.15, 0.2) is 72.3 Å². The lowest BCUT2D eigenvalue weighted by molar-refractivity contribution is -0.122. The summed E-state index contributed by atoms with van der Waals surface area (Å²) in [5.41, 5.74) is 0.528. The minimum atomic E-state index is -1.04. The summed E-state index contributed by atoms with van der Waals surface area (Å²) < 4.78 is 38.3. The van der Waals surface area contributed by atoms with Crippen molar-refractivity contribution in [2.24, 2.45) is 0 Å². The third kappa shape index (κ3) is 4.63. The molecule has 7 nitrogen and oxygen atoms in total. The van der Waals surface area contributed by atoms with E-state index in [1.165, 1.54) is 49.6 Å².